The van der Waals surface area contributed by atoms with Gasteiger partial charge in [0.1, 0.15) is 0 Å². The quantitative estimate of drug-likeness (QED) is 0.896. The van der Waals surface area contributed by atoms with Crippen LogP contribution < -0.4 is 11.1 Å². The van der Waals surface area contributed by atoms with Crippen molar-refractivity contribution in [3.8, 4) is 0 Å². The van der Waals surface area contributed by atoms with Crippen molar-refractivity contribution in [2.45, 2.75) is 11.0 Å². The highest BCUT2D eigenvalue weighted by Crippen LogP contribution is 2.43. The van der Waals surface area contributed by atoms with Crippen molar-refractivity contribution in [1.29, 1.82) is 0 Å². The summed E-state index contributed by atoms with van der Waals surface area (Å²) in [5, 5.41) is 2.77. The van der Waals surface area contributed by atoms with Crippen molar-refractivity contribution in [2.75, 3.05) is 24.6 Å². The molecule has 1 aromatic carbocycles. The van der Waals surface area contributed by atoms with Crippen molar-refractivity contribution >= 4 is 41.8 Å². The molecule has 2 rings (SSSR count). The lowest BCUT2D eigenvalue weighted by atomic mass is 10.1. The fourth-order valence-corrected chi connectivity index (χ4v) is 4.65. The standard InChI is InChI=1S/C13H18N2OS2.ClH/c14-6-7-15-12(16)10-2-4-11(5-3-10)13-17-8-1-9-18-13;/h2-5,13H,1,6-9,14H2,(H,15,16);1H. The number of hydrogen-bond acceptors (Lipinski definition) is 4. The summed E-state index contributed by atoms with van der Waals surface area (Å²) in [5.74, 6) is 2.42. The molecular formula is C13H19ClN2OS2. The van der Waals surface area contributed by atoms with Gasteiger partial charge < -0.3 is 11.1 Å². The highest BCUT2D eigenvalue weighted by Gasteiger charge is 2.16. The molecule has 1 aliphatic heterocycles. The molecule has 0 radical (unpaired) electrons. The summed E-state index contributed by atoms with van der Waals surface area (Å²) in [6.07, 6.45) is 1.30. The predicted molar refractivity (Wildman–Crippen MR) is 87.4 cm³/mol. The van der Waals surface area contributed by atoms with Gasteiger partial charge in [0.2, 0.25) is 0 Å². The van der Waals surface area contributed by atoms with Gasteiger partial charge in [-0.15, -0.1) is 35.9 Å². The SMILES string of the molecule is Cl.NCCNC(=O)c1ccc(C2SCCCS2)cc1. The molecule has 0 atom stereocenters. The van der Waals surface area contributed by atoms with E-state index >= 15 is 0 Å². The Morgan fingerprint density at radius 3 is 2.47 bits per heavy atom. The van der Waals surface area contributed by atoms with E-state index in [1.165, 1.54) is 23.5 Å². The zero-order valence-electron chi connectivity index (χ0n) is 10.6. The van der Waals surface area contributed by atoms with Crippen LogP contribution in [0, 0.1) is 0 Å². The first-order valence-corrected chi connectivity index (χ1v) is 8.22. The van der Waals surface area contributed by atoms with E-state index in [2.05, 4.69) is 17.4 Å². The molecular weight excluding hydrogens is 300 g/mol. The van der Waals surface area contributed by atoms with E-state index in [1.54, 1.807) is 0 Å². The Kier molecular flexibility index (Phi) is 7.68. The van der Waals surface area contributed by atoms with Gasteiger partial charge in [-0.2, -0.15) is 0 Å². The number of hydrogen-bond donors (Lipinski definition) is 2. The van der Waals surface area contributed by atoms with Crippen LogP contribution in [0.25, 0.3) is 0 Å². The highest BCUT2D eigenvalue weighted by atomic mass is 35.5. The Morgan fingerprint density at radius 1 is 1.26 bits per heavy atom. The van der Waals surface area contributed by atoms with Crippen LogP contribution in [0.2, 0.25) is 0 Å². The molecule has 0 spiro atoms. The zero-order valence-corrected chi connectivity index (χ0v) is 13.1. The first-order chi connectivity index (χ1) is 8.81. The smallest absolute Gasteiger partial charge is 0.251 e. The van der Waals surface area contributed by atoms with Gasteiger partial charge in [0.25, 0.3) is 5.91 Å². The van der Waals surface area contributed by atoms with E-state index in [-0.39, 0.29) is 18.3 Å². The monoisotopic (exact) mass is 318 g/mol. The lowest BCUT2D eigenvalue weighted by molar-refractivity contribution is 0.0955. The lowest BCUT2D eigenvalue weighted by Gasteiger charge is -2.21. The largest absolute Gasteiger partial charge is 0.351 e. The molecule has 0 saturated carbocycles. The molecule has 0 aromatic heterocycles. The summed E-state index contributed by atoms with van der Waals surface area (Å²) in [4.78, 5) is 11.7. The third-order valence-electron chi connectivity index (χ3n) is 2.70. The van der Waals surface area contributed by atoms with Gasteiger partial charge in [0.15, 0.2) is 0 Å². The van der Waals surface area contributed by atoms with E-state index in [9.17, 15) is 4.79 Å². The van der Waals surface area contributed by atoms with Crippen molar-refractivity contribution in [1.82, 2.24) is 5.32 Å². The molecule has 1 saturated heterocycles. The lowest BCUT2D eigenvalue weighted by Crippen LogP contribution is -2.28. The van der Waals surface area contributed by atoms with Crippen LogP contribution in [0.15, 0.2) is 24.3 Å². The zero-order chi connectivity index (χ0) is 12.8. The van der Waals surface area contributed by atoms with E-state index in [0.717, 1.165) is 0 Å². The maximum atomic E-state index is 11.7. The van der Waals surface area contributed by atoms with Gasteiger partial charge in [0, 0.05) is 18.7 Å². The molecule has 6 heteroatoms. The molecule has 0 bridgehead atoms. The molecule has 3 nitrogen and oxygen atoms in total. The minimum absolute atomic E-state index is 0. The molecule has 106 valence electrons. The Labute approximate surface area is 128 Å². The van der Waals surface area contributed by atoms with Crippen LogP contribution in [0.4, 0.5) is 0 Å². The van der Waals surface area contributed by atoms with E-state index in [4.69, 9.17) is 5.73 Å². The van der Waals surface area contributed by atoms with Crippen molar-refractivity contribution in [3.63, 3.8) is 0 Å². The third-order valence-corrected chi connectivity index (χ3v) is 5.72. The maximum absolute atomic E-state index is 11.7. The molecule has 3 N–H and O–H groups in total. The molecule has 1 aromatic rings. The van der Waals surface area contributed by atoms with Crippen LogP contribution in [0.3, 0.4) is 0 Å². The minimum atomic E-state index is -0.0454. The molecule has 0 unspecified atom stereocenters. The van der Waals surface area contributed by atoms with Crippen LogP contribution in [-0.4, -0.2) is 30.5 Å². The topological polar surface area (TPSA) is 55.1 Å². The van der Waals surface area contributed by atoms with E-state index in [1.807, 2.05) is 35.7 Å². The molecule has 1 heterocycles. The van der Waals surface area contributed by atoms with Gasteiger partial charge in [-0.25, -0.2) is 0 Å². The Morgan fingerprint density at radius 2 is 1.89 bits per heavy atom. The summed E-state index contributed by atoms with van der Waals surface area (Å²) in [6, 6.07) is 7.93. The summed E-state index contributed by atoms with van der Waals surface area (Å²) in [6.45, 7) is 0.994. The van der Waals surface area contributed by atoms with Crippen molar-refractivity contribution in [2.24, 2.45) is 5.73 Å². The summed E-state index contributed by atoms with van der Waals surface area (Å²) >= 11 is 3.98. The second-order valence-electron chi connectivity index (χ2n) is 4.09. The molecule has 1 amide bonds. The van der Waals surface area contributed by atoms with Gasteiger partial charge in [-0.05, 0) is 35.6 Å². The number of rotatable bonds is 4. The number of amides is 1. The molecule has 19 heavy (non-hydrogen) atoms. The van der Waals surface area contributed by atoms with E-state index in [0.29, 0.717) is 23.2 Å². The van der Waals surface area contributed by atoms with E-state index < -0.39 is 0 Å². The average Bonchev–Trinajstić information content (AvgIpc) is 2.46. The second kappa shape index (κ2) is 8.74. The number of thioether (sulfide) groups is 2. The van der Waals surface area contributed by atoms with Gasteiger partial charge in [-0.3, -0.25) is 4.79 Å². The fourth-order valence-electron chi connectivity index (χ4n) is 1.76. The Balaban J connectivity index is 0.00000180. The average molecular weight is 319 g/mol. The number of nitrogens with two attached hydrogens (primary N) is 1. The first kappa shape index (κ1) is 16.7. The number of nitrogens with one attached hydrogen (secondary N) is 1. The maximum Gasteiger partial charge on any atom is 0.251 e. The van der Waals surface area contributed by atoms with Gasteiger partial charge in [0.05, 0.1) is 4.58 Å². The number of carbonyl (C=O) groups excluding carboxylic acids is 1. The van der Waals surface area contributed by atoms with Gasteiger partial charge >= 0.3 is 0 Å². The summed E-state index contributed by atoms with van der Waals surface area (Å²) in [5.41, 5.74) is 7.37. The summed E-state index contributed by atoms with van der Waals surface area (Å²) in [7, 11) is 0. The molecule has 1 aliphatic rings. The third kappa shape index (κ3) is 4.91. The normalized spacial score (nSPS) is 15.6. The van der Waals surface area contributed by atoms with Crippen LogP contribution in [-0.2, 0) is 0 Å². The van der Waals surface area contributed by atoms with Crippen LogP contribution in [0.5, 0.6) is 0 Å². The Bertz CT molecular complexity index is 394. The number of carbonyl (C=O) groups is 1. The molecule has 1 fully saturated rings. The second-order valence-corrected chi connectivity index (χ2v) is 6.82. The summed E-state index contributed by atoms with van der Waals surface area (Å²) < 4.78 is 0.528. The predicted octanol–water partition coefficient (Wildman–Crippen LogP) is 2.67. The fraction of sp³-hybridized carbons (Fsp3) is 0.462. The number of benzene rings is 1. The first-order valence-electron chi connectivity index (χ1n) is 6.12. The Hall–Kier alpha value is -0.360. The minimum Gasteiger partial charge on any atom is -0.351 e. The highest BCUT2D eigenvalue weighted by molar-refractivity contribution is 8.16. The van der Waals surface area contributed by atoms with Crippen molar-refractivity contribution in [3.05, 3.63) is 35.4 Å². The van der Waals surface area contributed by atoms with Gasteiger partial charge in [-0.1, -0.05) is 12.1 Å². The van der Waals surface area contributed by atoms with Crippen molar-refractivity contribution < 1.29 is 4.79 Å². The number of halogens is 1. The molecule has 0 aliphatic carbocycles. The van der Waals surface area contributed by atoms with Crippen LogP contribution in [0.1, 0.15) is 26.9 Å². The van der Waals surface area contributed by atoms with Crippen LogP contribution >= 0.6 is 35.9 Å².